The first kappa shape index (κ1) is 25.2. The number of fused-ring (bicyclic) bond motifs is 1. The van der Waals surface area contributed by atoms with Crippen LogP contribution in [0.25, 0.3) is 27.8 Å². The minimum absolute atomic E-state index is 0.0450. The Kier molecular flexibility index (Phi) is 6.97. The molecule has 0 unspecified atom stereocenters. The number of hydrogen-bond acceptors (Lipinski definition) is 3. The molecule has 4 rings (SSSR count). The molecule has 6 heteroatoms. The number of nitrogens with zero attached hydrogens (tertiary/aromatic N) is 2. The van der Waals surface area contributed by atoms with Crippen LogP contribution in [0.1, 0.15) is 62.3 Å². The van der Waals surface area contributed by atoms with Gasteiger partial charge in [-0.1, -0.05) is 58.4 Å². The number of nitrogens with one attached hydrogen (secondary N) is 1. The van der Waals surface area contributed by atoms with Crippen LogP contribution in [0.3, 0.4) is 0 Å². The molecule has 0 atom stereocenters. The molecule has 1 heterocycles. The highest BCUT2D eigenvalue weighted by molar-refractivity contribution is 5.97. The Morgan fingerprint density at radius 1 is 1.00 bits per heavy atom. The van der Waals surface area contributed by atoms with Crippen molar-refractivity contribution in [2.45, 2.75) is 53.9 Å². The number of amides is 1. The monoisotopic (exact) mass is 483 g/mol. The Morgan fingerprint density at radius 3 is 2.42 bits per heavy atom. The van der Waals surface area contributed by atoms with Crippen LogP contribution in [0.5, 0.6) is 0 Å². The van der Waals surface area contributed by atoms with Gasteiger partial charge in [0.2, 0.25) is 5.91 Å². The lowest BCUT2D eigenvalue weighted by Gasteiger charge is -2.18. The van der Waals surface area contributed by atoms with Crippen molar-refractivity contribution in [2.75, 3.05) is 5.32 Å². The summed E-state index contributed by atoms with van der Waals surface area (Å²) in [5, 5.41) is 12.7. The lowest BCUT2D eigenvalue weighted by Crippen LogP contribution is -2.27. The first-order chi connectivity index (χ1) is 17.1. The Hall–Kier alpha value is -3.93. The molecule has 2 N–H and O–H groups in total. The fourth-order valence-corrected chi connectivity index (χ4v) is 4.31. The molecule has 3 aromatic carbocycles. The van der Waals surface area contributed by atoms with Crippen molar-refractivity contribution in [1.82, 2.24) is 9.55 Å². The Labute approximate surface area is 212 Å². The summed E-state index contributed by atoms with van der Waals surface area (Å²) >= 11 is 0. The summed E-state index contributed by atoms with van der Waals surface area (Å²) in [5.41, 5.74) is 5.81. The van der Waals surface area contributed by atoms with Crippen molar-refractivity contribution < 1.29 is 14.7 Å². The third-order valence-corrected chi connectivity index (χ3v) is 6.33. The maximum Gasteiger partial charge on any atom is 0.336 e. The van der Waals surface area contributed by atoms with E-state index in [2.05, 4.69) is 22.9 Å². The van der Waals surface area contributed by atoms with E-state index in [-0.39, 0.29) is 11.5 Å². The molecule has 0 bridgehead atoms. The van der Waals surface area contributed by atoms with Gasteiger partial charge in [0.15, 0.2) is 0 Å². The molecule has 186 valence electrons. The fraction of sp³-hybridized carbons (Fsp3) is 0.300. The molecule has 0 aliphatic heterocycles. The summed E-state index contributed by atoms with van der Waals surface area (Å²) in [7, 11) is 0. The van der Waals surface area contributed by atoms with Crippen LogP contribution < -0.4 is 5.32 Å². The van der Waals surface area contributed by atoms with Crippen LogP contribution in [0.4, 0.5) is 5.69 Å². The Balaban J connectivity index is 1.83. The molecule has 0 aliphatic carbocycles. The van der Waals surface area contributed by atoms with Gasteiger partial charge < -0.3 is 10.4 Å². The van der Waals surface area contributed by atoms with Crippen LogP contribution in [0.15, 0.2) is 60.7 Å². The number of unbranched alkanes of at least 4 members (excludes halogenated alkanes) is 1. The lowest BCUT2D eigenvalue weighted by molar-refractivity contribution is -0.123. The Bertz CT molecular complexity index is 1440. The zero-order chi connectivity index (χ0) is 26.0. The van der Waals surface area contributed by atoms with Gasteiger partial charge in [0, 0.05) is 23.2 Å². The lowest BCUT2D eigenvalue weighted by atomic mass is 9.95. The number of aromatic carboxylic acids is 1. The normalized spacial score (nSPS) is 11.6. The second-order valence-corrected chi connectivity index (χ2v) is 10.2. The van der Waals surface area contributed by atoms with Gasteiger partial charge in [0.1, 0.15) is 5.82 Å². The zero-order valence-electron chi connectivity index (χ0n) is 21.6. The number of hydrogen-bond donors (Lipinski definition) is 2. The van der Waals surface area contributed by atoms with Crippen LogP contribution in [0.2, 0.25) is 0 Å². The van der Waals surface area contributed by atoms with E-state index in [0.29, 0.717) is 5.56 Å². The maximum atomic E-state index is 12.6. The third-order valence-electron chi connectivity index (χ3n) is 6.33. The summed E-state index contributed by atoms with van der Waals surface area (Å²) in [6.07, 6.45) is 2.90. The van der Waals surface area contributed by atoms with Crippen molar-refractivity contribution in [2.24, 2.45) is 5.41 Å². The minimum Gasteiger partial charge on any atom is -0.478 e. The van der Waals surface area contributed by atoms with Gasteiger partial charge in [0.05, 0.1) is 16.6 Å². The number of rotatable bonds is 7. The van der Waals surface area contributed by atoms with Crippen molar-refractivity contribution in [3.05, 3.63) is 77.6 Å². The van der Waals surface area contributed by atoms with Crippen LogP contribution in [-0.4, -0.2) is 26.5 Å². The highest BCUT2D eigenvalue weighted by atomic mass is 16.4. The molecular formula is C30H33N3O3. The molecule has 0 aliphatic rings. The van der Waals surface area contributed by atoms with E-state index in [1.807, 2.05) is 70.2 Å². The fourth-order valence-electron chi connectivity index (χ4n) is 4.31. The van der Waals surface area contributed by atoms with E-state index in [4.69, 9.17) is 4.98 Å². The quantitative estimate of drug-likeness (QED) is 0.296. The second kappa shape index (κ2) is 9.97. The number of aromatic nitrogens is 2. The number of imidazole rings is 1. The van der Waals surface area contributed by atoms with Gasteiger partial charge in [-0.2, -0.15) is 0 Å². The molecule has 0 fully saturated rings. The van der Waals surface area contributed by atoms with Crippen molar-refractivity contribution in [1.29, 1.82) is 0 Å². The molecule has 0 spiro atoms. The SMILES string of the molecule is CCCCc1nc2ccc(NC(=O)C(C)(C)C)cc2n1-c1ccc(-c2ccccc2C(=O)O)c(C)c1. The minimum atomic E-state index is -0.943. The van der Waals surface area contributed by atoms with Gasteiger partial charge in [-0.25, -0.2) is 9.78 Å². The summed E-state index contributed by atoms with van der Waals surface area (Å²) in [4.78, 5) is 29.3. The Morgan fingerprint density at radius 2 is 1.75 bits per heavy atom. The zero-order valence-corrected chi connectivity index (χ0v) is 21.6. The molecule has 6 nitrogen and oxygen atoms in total. The predicted octanol–water partition coefficient (Wildman–Crippen LogP) is 7.03. The van der Waals surface area contributed by atoms with Gasteiger partial charge in [-0.15, -0.1) is 0 Å². The van der Waals surface area contributed by atoms with Crippen molar-refractivity contribution in [3.8, 4) is 16.8 Å². The van der Waals surface area contributed by atoms with Crippen LogP contribution in [-0.2, 0) is 11.2 Å². The van der Waals surface area contributed by atoms with E-state index in [0.717, 1.165) is 58.6 Å². The molecule has 0 saturated carbocycles. The average molecular weight is 484 g/mol. The maximum absolute atomic E-state index is 12.6. The highest BCUT2D eigenvalue weighted by Gasteiger charge is 2.22. The standard InChI is InChI=1S/C30H33N3O3/c1-6-7-12-27-32-25-16-13-20(31-29(36)30(3,4)5)18-26(25)33(27)21-14-15-22(19(2)17-21)23-10-8-9-11-24(23)28(34)35/h8-11,13-18H,6-7,12H2,1-5H3,(H,31,36)(H,34,35). The summed E-state index contributed by atoms with van der Waals surface area (Å²) in [6, 6.07) is 19.0. The molecular weight excluding hydrogens is 450 g/mol. The van der Waals surface area contributed by atoms with E-state index in [9.17, 15) is 14.7 Å². The van der Waals surface area contributed by atoms with Gasteiger partial charge in [0.25, 0.3) is 0 Å². The van der Waals surface area contributed by atoms with Gasteiger partial charge >= 0.3 is 5.97 Å². The number of carbonyl (C=O) groups is 2. The van der Waals surface area contributed by atoms with Crippen LogP contribution in [0, 0.1) is 12.3 Å². The van der Waals surface area contributed by atoms with E-state index in [1.54, 1.807) is 12.1 Å². The second-order valence-electron chi connectivity index (χ2n) is 10.2. The van der Waals surface area contributed by atoms with Crippen molar-refractivity contribution >= 4 is 28.6 Å². The molecule has 1 amide bonds. The molecule has 0 radical (unpaired) electrons. The number of carboxylic acid groups (broad SMARTS) is 1. The van der Waals surface area contributed by atoms with Crippen LogP contribution >= 0.6 is 0 Å². The number of carbonyl (C=O) groups excluding carboxylic acids is 1. The molecule has 0 saturated heterocycles. The number of carboxylic acids is 1. The topological polar surface area (TPSA) is 84.2 Å². The first-order valence-corrected chi connectivity index (χ1v) is 12.4. The molecule has 4 aromatic rings. The number of benzene rings is 3. The largest absolute Gasteiger partial charge is 0.478 e. The smallest absolute Gasteiger partial charge is 0.336 e. The van der Waals surface area contributed by atoms with E-state index < -0.39 is 11.4 Å². The average Bonchev–Trinajstić information content (AvgIpc) is 3.19. The van der Waals surface area contributed by atoms with Crippen molar-refractivity contribution in [3.63, 3.8) is 0 Å². The predicted molar refractivity (Wildman–Crippen MR) is 145 cm³/mol. The number of aryl methyl sites for hydroxylation is 2. The number of anilines is 1. The summed E-state index contributed by atoms with van der Waals surface area (Å²) < 4.78 is 2.15. The summed E-state index contributed by atoms with van der Waals surface area (Å²) in [6.45, 7) is 9.83. The highest BCUT2D eigenvalue weighted by Crippen LogP contribution is 2.32. The first-order valence-electron chi connectivity index (χ1n) is 12.4. The molecule has 36 heavy (non-hydrogen) atoms. The molecule has 1 aromatic heterocycles. The van der Waals surface area contributed by atoms with Gasteiger partial charge in [-0.05, 0) is 66.4 Å². The van der Waals surface area contributed by atoms with E-state index >= 15 is 0 Å². The van der Waals surface area contributed by atoms with E-state index in [1.165, 1.54) is 0 Å². The summed E-state index contributed by atoms with van der Waals surface area (Å²) in [5.74, 6) is -0.0259. The third kappa shape index (κ3) is 5.03. The van der Waals surface area contributed by atoms with Gasteiger partial charge in [-0.3, -0.25) is 9.36 Å².